The lowest BCUT2D eigenvalue weighted by Crippen LogP contribution is -2.09. The first-order valence-electron chi connectivity index (χ1n) is 10.6. The Morgan fingerprint density at radius 2 is 2.00 bits per heavy atom. The highest BCUT2D eigenvalue weighted by Gasteiger charge is 2.27. The number of ether oxygens (including phenoxy) is 1. The van der Waals surface area contributed by atoms with Gasteiger partial charge in [0.25, 0.3) is 5.91 Å². The largest absolute Gasteiger partial charge is 0.495 e. The molecule has 2 aromatic carbocycles. The lowest BCUT2D eigenvalue weighted by Gasteiger charge is -2.11. The molecule has 1 aromatic heterocycles. The van der Waals surface area contributed by atoms with Crippen LogP contribution in [0.3, 0.4) is 0 Å². The highest BCUT2D eigenvalue weighted by molar-refractivity contribution is 6.35. The standard InChI is InChI=1S/C25H25N3O4/c1-3-4-8-22-26-14-18(28(22)15-16-9-11-17(12-10-16)25(30)31)13-20-19-6-5-7-21(32-2)23(19)27-24(20)29/h5-7,9-14H,3-4,8,15H2,1-2H3,(H,27,29)(H,30,31)/b20-13-. The van der Waals surface area contributed by atoms with Crippen molar-refractivity contribution in [1.82, 2.24) is 9.55 Å². The number of amides is 1. The molecule has 0 aliphatic carbocycles. The van der Waals surface area contributed by atoms with E-state index in [1.165, 1.54) is 0 Å². The summed E-state index contributed by atoms with van der Waals surface area (Å²) < 4.78 is 7.47. The van der Waals surface area contributed by atoms with E-state index in [2.05, 4.69) is 21.8 Å². The number of imidazole rings is 1. The second kappa shape index (κ2) is 9.09. The number of methoxy groups -OCH3 is 1. The molecule has 0 bridgehead atoms. The molecule has 2 N–H and O–H groups in total. The van der Waals surface area contributed by atoms with Crippen LogP contribution in [0, 0.1) is 0 Å². The van der Waals surface area contributed by atoms with Gasteiger partial charge in [-0.15, -0.1) is 0 Å². The molecule has 164 valence electrons. The van der Waals surface area contributed by atoms with Crippen molar-refractivity contribution in [3.05, 3.63) is 76.9 Å². The third-order valence-electron chi connectivity index (χ3n) is 5.58. The van der Waals surface area contributed by atoms with Gasteiger partial charge in [0.15, 0.2) is 0 Å². The first-order chi connectivity index (χ1) is 15.5. The summed E-state index contributed by atoms with van der Waals surface area (Å²) >= 11 is 0. The molecule has 0 fully saturated rings. The van der Waals surface area contributed by atoms with Crippen LogP contribution in [-0.4, -0.2) is 33.6 Å². The number of aromatic carboxylic acids is 1. The van der Waals surface area contributed by atoms with E-state index >= 15 is 0 Å². The predicted octanol–water partition coefficient (Wildman–Crippen LogP) is 4.47. The van der Waals surface area contributed by atoms with Crippen LogP contribution in [0.5, 0.6) is 5.75 Å². The van der Waals surface area contributed by atoms with E-state index in [0.717, 1.165) is 41.9 Å². The van der Waals surface area contributed by atoms with Crippen LogP contribution in [0.2, 0.25) is 0 Å². The molecule has 0 radical (unpaired) electrons. The van der Waals surface area contributed by atoms with E-state index in [4.69, 9.17) is 9.84 Å². The number of nitrogens with zero attached hydrogens (tertiary/aromatic N) is 2. The Morgan fingerprint density at radius 1 is 1.22 bits per heavy atom. The number of carbonyl (C=O) groups excluding carboxylic acids is 1. The summed E-state index contributed by atoms with van der Waals surface area (Å²) in [4.78, 5) is 28.5. The minimum atomic E-state index is -0.949. The van der Waals surface area contributed by atoms with Crippen LogP contribution in [0.1, 0.15) is 52.8 Å². The lowest BCUT2D eigenvalue weighted by molar-refractivity contribution is -0.110. The van der Waals surface area contributed by atoms with Gasteiger partial charge in [0.05, 0.1) is 35.8 Å². The zero-order chi connectivity index (χ0) is 22.7. The van der Waals surface area contributed by atoms with Crippen LogP contribution in [-0.2, 0) is 17.8 Å². The highest BCUT2D eigenvalue weighted by Crippen LogP contribution is 2.39. The second-order valence-electron chi connectivity index (χ2n) is 7.69. The maximum Gasteiger partial charge on any atom is 0.335 e. The Bertz CT molecular complexity index is 1190. The summed E-state index contributed by atoms with van der Waals surface area (Å²) in [5.74, 6) is 0.424. The maximum absolute atomic E-state index is 12.7. The molecule has 7 heteroatoms. The van der Waals surface area contributed by atoms with Gasteiger partial charge >= 0.3 is 5.97 Å². The van der Waals surface area contributed by atoms with E-state index in [-0.39, 0.29) is 11.5 Å². The molecule has 0 saturated carbocycles. The SMILES string of the molecule is CCCCc1ncc(/C=C2\C(=O)Nc3c(OC)cccc32)n1Cc1ccc(C(=O)O)cc1. The van der Waals surface area contributed by atoms with Crippen LogP contribution in [0.25, 0.3) is 11.6 Å². The van der Waals surface area contributed by atoms with Gasteiger partial charge in [-0.1, -0.05) is 37.6 Å². The van der Waals surface area contributed by atoms with E-state index in [9.17, 15) is 9.59 Å². The van der Waals surface area contributed by atoms with Crippen molar-refractivity contribution in [2.24, 2.45) is 0 Å². The van der Waals surface area contributed by atoms with Crippen molar-refractivity contribution in [2.45, 2.75) is 32.7 Å². The summed E-state index contributed by atoms with van der Waals surface area (Å²) in [7, 11) is 1.58. The number of carboxylic acids is 1. The number of hydrogen-bond donors (Lipinski definition) is 2. The molecule has 7 nitrogen and oxygen atoms in total. The zero-order valence-electron chi connectivity index (χ0n) is 18.1. The molecule has 0 saturated heterocycles. The molecule has 1 aliphatic heterocycles. The monoisotopic (exact) mass is 431 g/mol. The first kappa shape index (κ1) is 21.4. The number of nitrogens with one attached hydrogen (secondary N) is 1. The van der Waals surface area contributed by atoms with Crippen molar-refractivity contribution in [1.29, 1.82) is 0 Å². The van der Waals surface area contributed by atoms with E-state index < -0.39 is 5.97 Å². The summed E-state index contributed by atoms with van der Waals surface area (Å²) in [6, 6.07) is 12.4. The Balaban J connectivity index is 1.73. The second-order valence-corrected chi connectivity index (χ2v) is 7.69. The number of benzene rings is 2. The summed E-state index contributed by atoms with van der Waals surface area (Å²) in [6.07, 6.45) is 6.52. The smallest absolute Gasteiger partial charge is 0.335 e. The maximum atomic E-state index is 12.7. The molecule has 0 unspecified atom stereocenters. The number of anilines is 1. The van der Waals surface area contributed by atoms with E-state index in [1.807, 2.05) is 36.4 Å². The molecule has 32 heavy (non-hydrogen) atoms. The van der Waals surface area contributed by atoms with Crippen LogP contribution in [0.15, 0.2) is 48.7 Å². The minimum Gasteiger partial charge on any atom is -0.495 e. The lowest BCUT2D eigenvalue weighted by atomic mass is 10.1. The molecular formula is C25H25N3O4. The van der Waals surface area contributed by atoms with Gasteiger partial charge < -0.3 is 19.7 Å². The number of hydrogen-bond acceptors (Lipinski definition) is 4. The van der Waals surface area contributed by atoms with Crippen LogP contribution >= 0.6 is 0 Å². The van der Waals surface area contributed by atoms with Crippen molar-refractivity contribution < 1.29 is 19.4 Å². The average Bonchev–Trinajstić information content (AvgIpc) is 3.32. The summed E-state index contributed by atoms with van der Waals surface area (Å²) in [6.45, 7) is 2.67. The van der Waals surface area contributed by atoms with Crippen LogP contribution < -0.4 is 10.1 Å². The fraction of sp³-hybridized carbons (Fsp3) is 0.240. The number of aryl methyl sites for hydroxylation is 1. The fourth-order valence-electron chi connectivity index (χ4n) is 3.85. The average molecular weight is 431 g/mol. The summed E-state index contributed by atoms with van der Waals surface area (Å²) in [5, 5.41) is 12.0. The molecule has 4 rings (SSSR count). The van der Waals surface area contributed by atoms with Gasteiger partial charge in [0, 0.05) is 18.5 Å². The van der Waals surface area contributed by atoms with Crippen molar-refractivity contribution in [3.8, 4) is 5.75 Å². The number of para-hydroxylation sites is 1. The number of carboxylic acid groups (broad SMARTS) is 1. The fourth-order valence-corrected chi connectivity index (χ4v) is 3.85. The number of carbonyl (C=O) groups is 2. The van der Waals surface area contributed by atoms with Crippen molar-refractivity contribution >= 4 is 29.2 Å². The van der Waals surface area contributed by atoms with Gasteiger partial charge in [-0.25, -0.2) is 9.78 Å². The van der Waals surface area contributed by atoms with Gasteiger partial charge in [-0.2, -0.15) is 0 Å². The zero-order valence-corrected chi connectivity index (χ0v) is 18.1. The van der Waals surface area contributed by atoms with E-state index in [0.29, 0.717) is 23.6 Å². The van der Waals surface area contributed by atoms with Crippen molar-refractivity contribution in [2.75, 3.05) is 12.4 Å². The predicted molar refractivity (Wildman–Crippen MR) is 123 cm³/mol. The van der Waals surface area contributed by atoms with Gasteiger partial charge in [-0.05, 0) is 36.3 Å². The number of aromatic nitrogens is 2. The van der Waals surface area contributed by atoms with Gasteiger partial charge in [0.1, 0.15) is 11.6 Å². The minimum absolute atomic E-state index is 0.182. The summed E-state index contributed by atoms with van der Waals surface area (Å²) in [5.41, 5.74) is 4.06. The van der Waals surface area contributed by atoms with Gasteiger partial charge in [0.2, 0.25) is 0 Å². The third kappa shape index (κ3) is 4.14. The molecule has 0 spiro atoms. The Hall–Kier alpha value is -3.87. The molecule has 1 aliphatic rings. The molecular weight excluding hydrogens is 406 g/mol. The molecule has 2 heterocycles. The Kier molecular flexibility index (Phi) is 6.07. The number of rotatable bonds is 8. The quantitative estimate of drug-likeness (QED) is 0.513. The van der Waals surface area contributed by atoms with Crippen molar-refractivity contribution in [3.63, 3.8) is 0 Å². The Labute approximate surface area is 186 Å². The normalized spacial score (nSPS) is 13.8. The molecule has 3 aromatic rings. The number of unbranched alkanes of at least 4 members (excludes halogenated alkanes) is 1. The molecule has 0 atom stereocenters. The topological polar surface area (TPSA) is 93.5 Å². The third-order valence-corrected chi connectivity index (χ3v) is 5.58. The first-order valence-corrected chi connectivity index (χ1v) is 10.6. The number of fused-ring (bicyclic) bond motifs is 1. The van der Waals surface area contributed by atoms with Gasteiger partial charge in [-0.3, -0.25) is 4.79 Å². The van der Waals surface area contributed by atoms with E-state index in [1.54, 1.807) is 25.4 Å². The van der Waals surface area contributed by atoms with Crippen LogP contribution in [0.4, 0.5) is 5.69 Å². The Morgan fingerprint density at radius 3 is 2.69 bits per heavy atom. The molecule has 1 amide bonds. The highest BCUT2D eigenvalue weighted by atomic mass is 16.5.